The monoisotopic (exact) mass is 365 g/mol. The lowest BCUT2D eigenvalue weighted by molar-refractivity contribution is -0.138. The van der Waals surface area contributed by atoms with E-state index in [-0.39, 0.29) is 12.4 Å². The van der Waals surface area contributed by atoms with Gasteiger partial charge < -0.3 is 32.8 Å². The zero-order valence-corrected chi connectivity index (χ0v) is 15.1. The topological polar surface area (TPSA) is 180 Å². The molecule has 9 N–H and O–H groups in total. The number of hydrogen-bond acceptors (Lipinski definition) is 6. The Hall–Kier alpha value is -2.65. The molecule has 0 radical (unpaired) electrons. The van der Waals surface area contributed by atoms with Crippen LogP contribution >= 0.6 is 0 Å². The molecule has 0 heterocycles. The highest BCUT2D eigenvalue weighted by Crippen LogP contribution is 2.23. The van der Waals surface area contributed by atoms with Crippen molar-refractivity contribution in [3.8, 4) is 5.75 Å². The molecule has 0 amide bonds. The number of benzene rings is 1. The second kappa shape index (κ2) is 9.73. The van der Waals surface area contributed by atoms with Crippen LogP contribution in [0.5, 0.6) is 5.75 Å². The van der Waals surface area contributed by atoms with Crippen molar-refractivity contribution in [2.45, 2.75) is 45.2 Å². The molecule has 1 aromatic rings. The Morgan fingerprint density at radius 2 is 1.73 bits per heavy atom. The standard InChI is InChI=1S/C17H27N5O4/c1-9-6-11(7-10(2)12(9)8-14(19)15(23)24)26-16(25)13(18)4-3-5-22-17(20)21/h6-7,13-14H,3-5,8,18-19H2,1-2H3,(H,23,24)(H4,20,21,22)/t13-,14+/m1/s1. The molecule has 0 aromatic heterocycles. The van der Waals surface area contributed by atoms with Crippen LogP contribution in [-0.4, -0.2) is 41.6 Å². The number of aliphatic imine (C=N–C) groups is 1. The van der Waals surface area contributed by atoms with Crippen LogP contribution in [0.1, 0.15) is 29.5 Å². The first kappa shape index (κ1) is 21.4. The molecule has 0 saturated heterocycles. The summed E-state index contributed by atoms with van der Waals surface area (Å²) in [5.74, 6) is -1.26. The second-order valence-electron chi connectivity index (χ2n) is 6.16. The van der Waals surface area contributed by atoms with Crippen molar-refractivity contribution in [1.29, 1.82) is 0 Å². The number of rotatable bonds is 9. The van der Waals surface area contributed by atoms with E-state index in [0.29, 0.717) is 25.1 Å². The van der Waals surface area contributed by atoms with Crippen molar-refractivity contribution in [1.82, 2.24) is 0 Å². The Kier molecular flexibility index (Phi) is 8.01. The summed E-state index contributed by atoms with van der Waals surface area (Å²) in [5.41, 5.74) is 24.3. The third kappa shape index (κ3) is 6.69. The number of ether oxygens (including phenoxy) is 1. The predicted molar refractivity (Wildman–Crippen MR) is 98.8 cm³/mol. The molecule has 0 aliphatic carbocycles. The first-order valence-corrected chi connectivity index (χ1v) is 8.23. The van der Waals surface area contributed by atoms with Crippen molar-refractivity contribution >= 4 is 17.9 Å². The van der Waals surface area contributed by atoms with Gasteiger partial charge in [0.25, 0.3) is 0 Å². The fourth-order valence-corrected chi connectivity index (χ4v) is 2.47. The van der Waals surface area contributed by atoms with E-state index in [2.05, 4.69) is 4.99 Å². The fourth-order valence-electron chi connectivity index (χ4n) is 2.47. The van der Waals surface area contributed by atoms with E-state index in [1.54, 1.807) is 12.1 Å². The maximum absolute atomic E-state index is 12.1. The first-order valence-electron chi connectivity index (χ1n) is 8.23. The number of nitrogens with zero attached hydrogens (tertiary/aromatic N) is 1. The highest BCUT2D eigenvalue weighted by atomic mass is 16.5. The zero-order chi connectivity index (χ0) is 19.9. The Balaban J connectivity index is 2.71. The summed E-state index contributed by atoms with van der Waals surface area (Å²) < 4.78 is 5.33. The van der Waals surface area contributed by atoms with Gasteiger partial charge in [0.2, 0.25) is 0 Å². The number of esters is 1. The summed E-state index contributed by atoms with van der Waals surface area (Å²) >= 11 is 0. The van der Waals surface area contributed by atoms with Gasteiger partial charge in [-0.2, -0.15) is 0 Å². The highest BCUT2D eigenvalue weighted by molar-refractivity contribution is 5.78. The number of guanidine groups is 1. The second-order valence-corrected chi connectivity index (χ2v) is 6.16. The van der Waals surface area contributed by atoms with Gasteiger partial charge in [-0.1, -0.05) is 0 Å². The van der Waals surface area contributed by atoms with Crippen LogP contribution < -0.4 is 27.7 Å². The van der Waals surface area contributed by atoms with Crippen LogP contribution in [0.15, 0.2) is 17.1 Å². The zero-order valence-electron chi connectivity index (χ0n) is 15.1. The van der Waals surface area contributed by atoms with Gasteiger partial charge in [-0.05, 0) is 61.9 Å². The van der Waals surface area contributed by atoms with Gasteiger partial charge in [0, 0.05) is 6.54 Å². The number of aliphatic carboxylic acids is 1. The fraction of sp³-hybridized carbons (Fsp3) is 0.471. The van der Waals surface area contributed by atoms with Gasteiger partial charge in [0.05, 0.1) is 0 Å². The SMILES string of the molecule is Cc1cc(OC(=O)[C@H](N)CCCN=C(N)N)cc(C)c1C[C@H](N)C(=O)O. The molecule has 0 bridgehead atoms. The van der Waals surface area contributed by atoms with E-state index in [1.807, 2.05) is 13.8 Å². The molecule has 0 aliphatic rings. The number of nitrogens with two attached hydrogens (primary N) is 4. The minimum absolute atomic E-state index is 0.00481. The van der Waals surface area contributed by atoms with Crippen LogP contribution in [0.25, 0.3) is 0 Å². The maximum atomic E-state index is 12.1. The molecule has 1 rings (SSSR count). The largest absolute Gasteiger partial charge is 0.480 e. The van der Waals surface area contributed by atoms with Crippen molar-refractivity contribution in [3.63, 3.8) is 0 Å². The molecule has 9 nitrogen and oxygen atoms in total. The van der Waals surface area contributed by atoms with Crippen molar-refractivity contribution in [2.75, 3.05) is 6.54 Å². The molecule has 9 heteroatoms. The minimum Gasteiger partial charge on any atom is -0.480 e. The molecule has 1 aromatic carbocycles. The van der Waals surface area contributed by atoms with Crippen LogP contribution in [0.4, 0.5) is 0 Å². The summed E-state index contributed by atoms with van der Waals surface area (Å²) in [5, 5.41) is 8.95. The number of aryl methyl sites for hydroxylation is 2. The van der Waals surface area contributed by atoms with Gasteiger partial charge in [0.15, 0.2) is 5.96 Å². The van der Waals surface area contributed by atoms with Crippen molar-refractivity contribution < 1.29 is 19.4 Å². The molecule has 0 fully saturated rings. The molecule has 26 heavy (non-hydrogen) atoms. The summed E-state index contributed by atoms with van der Waals surface area (Å²) in [6, 6.07) is 1.56. The molecular weight excluding hydrogens is 338 g/mol. The minimum atomic E-state index is -1.06. The van der Waals surface area contributed by atoms with Gasteiger partial charge in [0.1, 0.15) is 17.8 Å². The normalized spacial score (nSPS) is 12.9. The number of carboxylic acids is 1. The Labute approximate surface area is 152 Å². The lowest BCUT2D eigenvalue weighted by Gasteiger charge is -2.16. The Morgan fingerprint density at radius 1 is 1.15 bits per heavy atom. The van der Waals surface area contributed by atoms with Gasteiger partial charge in [-0.25, -0.2) is 4.79 Å². The maximum Gasteiger partial charge on any atom is 0.328 e. The number of carbonyl (C=O) groups excluding carboxylic acids is 1. The van der Waals surface area contributed by atoms with Crippen LogP contribution in [0.3, 0.4) is 0 Å². The number of carbonyl (C=O) groups is 2. The summed E-state index contributed by atoms with van der Waals surface area (Å²) in [7, 11) is 0. The number of carboxylic acid groups (broad SMARTS) is 1. The highest BCUT2D eigenvalue weighted by Gasteiger charge is 2.19. The third-order valence-electron chi connectivity index (χ3n) is 3.90. The lowest BCUT2D eigenvalue weighted by atomic mass is 9.96. The summed E-state index contributed by atoms with van der Waals surface area (Å²) in [6.07, 6.45) is 1.14. The van der Waals surface area contributed by atoms with E-state index in [0.717, 1.165) is 16.7 Å². The molecule has 2 atom stereocenters. The Bertz CT molecular complexity index is 663. The predicted octanol–water partition coefficient (Wildman–Crippen LogP) is -0.456. The van der Waals surface area contributed by atoms with E-state index < -0.39 is 24.0 Å². The quantitative estimate of drug-likeness (QED) is 0.128. The van der Waals surface area contributed by atoms with E-state index in [4.69, 9.17) is 32.8 Å². The average Bonchev–Trinajstić information content (AvgIpc) is 2.54. The smallest absolute Gasteiger partial charge is 0.328 e. The first-order chi connectivity index (χ1) is 12.1. The van der Waals surface area contributed by atoms with Crippen LogP contribution in [-0.2, 0) is 16.0 Å². The number of hydrogen-bond donors (Lipinski definition) is 5. The van der Waals surface area contributed by atoms with Crippen LogP contribution in [0.2, 0.25) is 0 Å². The van der Waals surface area contributed by atoms with E-state index in [9.17, 15) is 9.59 Å². The van der Waals surface area contributed by atoms with Gasteiger partial charge in [-0.15, -0.1) is 0 Å². The molecule has 0 saturated carbocycles. The summed E-state index contributed by atoms with van der Waals surface area (Å²) in [4.78, 5) is 26.8. The molecule has 144 valence electrons. The van der Waals surface area contributed by atoms with E-state index >= 15 is 0 Å². The molecule has 0 unspecified atom stereocenters. The molecule has 0 aliphatic heterocycles. The van der Waals surface area contributed by atoms with Crippen LogP contribution in [0, 0.1) is 13.8 Å². The Morgan fingerprint density at radius 3 is 2.23 bits per heavy atom. The van der Waals surface area contributed by atoms with Crippen molar-refractivity contribution in [3.05, 3.63) is 28.8 Å². The van der Waals surface area contributed by atoms with Gasteiger partial charge in [-0.3, -0.25) is 9.79 Å². The van der Waals surface area contributed by atoms with E-state index in [1.165, 1.54) is 0 Å². The average molecular weight is 365 g/mol. The van der Waals surface area contributed by atoms with Gasteiger partial charge >= 0.3 is 11.9 Å². The van der Waals surface area contributed by atoms with Crippen molar-refractivity contribution in [2.24, 2.45) is 27.9 Å². The summed E-state index contributed by atoms with van der Waals surface area (Å²) in [6.45, 7) is 4.01. The molecule has 0 spiro atoms. The lowest BCUT2D eigenvalue weighted by Crippen LogP contribution is -2.34. The third-order valence-corrected chi connectivity index (χ3v) is 3.90. The molecular formula is C17H27N5O4.